The van der Waals surface area contributed by atoms with E-state index in [2.05, 4.69) is 5.32 Å². The Balaban J connectivity index is 1.68. The Morgan fingerprint density at radius 3 is 2.72 bits per heavy atom. The number of carbonyl (C=O) groups is 2. The third-order valence-electron chi connectivity index (χ3n) is 3.08. The maximum Gasteiger partial charge on any atom is 0.286 e. The number of amides is 2. The van der Waals surface area contributed by atoms with E-state index >= 15 is 0 Å². The Labute approximate surface area is 106 Å². The second-order valence-electron chi connectivity index (χ2n) is 4.42. The molecule has 2 heterocycles. The quantitative estimate of drug-likeness (QED) is 0.878. The Kier molecular flexibility index (Phi) is 4.39. The molecule has 1 fully saturated rings. The minimum absolute atomic E-state index is 0.120. The summed E-state index contributed by atoms with van der Waals surface area (Å²) in [5.41, 5.74) is 0. The fraction of sp³-hybridized carbons (Fsp3) is 0.538. The van der Waals surface area contributed by atoms with Crippen LogP contribution in [-0.2, 0) is 4.79 Å². The van der Waals surface area contributed by atoms with Gasteiger partial charge in [0, 0.05) is 26.1 Å². The van der Waals surface area contributed by atoms with Gasteiger partial charge in [0.15, 0.2) is 5.76 Å². The summed E-state index contributed by atoms with van der Waals surface area (Å²) in [6, 6.07) is 3.26. The first-order chi connectivity index (χ1) is 8.77. The van der Waals surface area contributed by atoms with Gasteiger partial charge >= 0.3 is 0 Å². The van der Waals surface area contributed by atoms with Gasteiger partial charge in [-0.2, -0.15) is 0 Å². The first-order valence-corrected chi connectivity index (χ1v) is 6.37. The fourth-order valence-electron chi connectivity index (χ4n) is 2.08. The molecule has 0 spiro atoms. The van der Waals surface area contributed by atoms with Crippen molar-refractivity contribution in [3.8, 4) is 0 Å². The number of rotatable bonds is 4. The molecule has 2 amide bonds. The summed E-state index contributed by atoms with van der Waals surface area (Å²) in [4.78, 5) is 25.2. The average Bonchev–Trinajstić information content (AvgIpc) is 2.93. The highest BCUT2D eigenvalue weighted by atomic mass is 16.3. The normalized spacial score (nSPS) is 15.4. The summed E-state index contributed by atoms with van der Waals surface area (Å²) in [7, 11) is 0. The van der Waals surface area contributed by atoms with Crippen LogP contribution in [0.1, 0.15) is 36.2 Å². The Hall–Kier alpha value is -1.78. The van der Waals surface area contributed by atoms with E-state index in [0.29, 0.717) is 13.0 Å². The van der Waals surface area contributed by atoms with Gasteiger partial charge in [0.25, 0.3) is 5.91 Å². The molecule has 0 aromatic carbocycles. The van der Waals surface area contributed by atoms with Crippen LogP contribution in [0.25, 0.3) is 0 Å². The first-order valence-electron chi connectivity index (χ1n) is 6.37. The molecule has 1 aliphatic heterocycles. The summed E-state index contributed by atoms with van der Waals surface area (Å²) < 4.78 is 4.96. The number of hydrogen-bond donors (Lipinski definition) is 1. The average molecular weight is 250 g/mol. The lowest BCUT2D eigenvalue weighted by Gasteiger charge is -2.26. The van der Waals surface area contributed by atoms with Gasteiger partial charge in [0.2, 0.25) is 5.91 Å². The highest BCUT2D eigenvalue weighted by Crippen LogP contribution is 2.09. The molecule has 1 aliphatic rings. The molecule has 0 atom stereocenters. The minimum atomic E-state index is -0.272. The third-order valence-corrected chi connectivity index (χ3v) is 3.08. The highest BCUT2D eigenvalue weighted by molar-refractivity contribution is 5.91. The van der Waals surface area contributed by atoms with Crippen LogP contribution >= 0.6 is 0 Å². The molecule has 5 nitrogen and oxygen atoms in total. The van der Waals surface area contributed by atoms with Crippen LogP contribution in [0.2, 0.25) is 0 Å². The molecule has 0 saturated carbocycles. The van der Waals surface area contributed by atoms with Crippen LogP contribution in [0.5, 0.6) is 0 Å². The molecule has 1 aromatic rings. The van der Waals surface area contributed by atoms with Gasteiger partial charge in [0.1, 0.15) is 0 Å². The van der Waals surface area contributed by atoms with Gasteiger partial charge in [-0.3, -0.25) is 9.59 Å². The molecule has 98 valence electrons. The van der Waals surface area contributed by atoms with Gasteiger partial charge in [-0.15, -0.1) is 0 Å². The minimum Gasteiger partial charge on any atom is -0.459 e. The fourth-order valence-corrected chi connectivity index (χ4v) is 2.08. The smallest absolute Gasteiger partial charge is 0.286 e. The van der Waals surface area contributed by atoms with Gasteiger partial charge in [-0.1, -0.05) is 0 Å². The molecular formula is C13H18N2O3. The molecule has 0 aliphatic carbocycles. The van der Waals surface area contributed by atoms with Crippen molar-refractivity contribution in [2.75, 3.05) is 19.6 Å². The Morgan fingerprint density at radius 2 is 2.06 bits per heavy atom. The zero-order valence-electron chi connectivity index (χ0n) is 10.4. The number of piperidine rings is 1. The summed E-state index contributed by atoms with van der Waals surface area (Å²) >= 11 is 0. The monoisotopic (exact) mass is 250 g/mol. The molecule has 5 heteroatoms. The van der Waals surface area contributed by atoms with Crippen molar-refractivity contribution >= 4 is 11.8 Å². The summed E-state index contributed by atoms with van der Waals surface area (Å²) in [5, 5.41) is 2.67. The number of nitrogens with one attached hydrogen (secondary N) is 1. The summed E-state index contributed by atoms with van der Waals surface area (Å²) in [6.45, 7) is 2.06. The number of carbonyl (C=O) groups excluding carboxylic acids is 2. The van der Waals surface area contributed by atoms with Gasteiger partial charge in [-0.05, 0) is 31.4 Å². The molecule has 0 bridgehead atoms. The lowest BCUT2D eigenvalue weighted by Crippen LogP contribution is -2.37. The van der Waals surface area contributed by atoms with Crippen LogP contribution in [-0.4, -0.2) is 36.3 Å². The number of furan rings is 1. The maximum atomic E-state index is 11.8. The number of hydrogen-bond acceptors (Lipinski definition) is 3. The van der Waals surface area contributed by atoms with E-state index in [4.69, 9.17) is 4.42 Å². The van der Waals surface area contributed by atoms with Gasteiger partial charge in [0.05, 0.1) is 6.26 Å². The highest BCUT2D eigenvalue weighted by Gasteiger charge is 2.16. The molecule has 2 rings (SSSR count). The predicted octanol–water partition coefficient (Wildman–Crippen LogP) is 1.41. The lowest BCUT2D eigenvalue weighted by atomic mass is 10.1. The van der Waals surface area contributed by atoms with Gasteiger partial charge in [-0.25, -0.2) is 0 Å². The Morgan fingerprint density at radius 1 is 1.28 bits per heavy atom. The zero-order valence-corrected chi connectivity index (χ0v) is 10.4. The maximum absolute atomic E-state index is 11.8. The van der Waals surface area contributed by atoms with E-state index in [0.717, 1.165) is 25.9 Å². The van der Waals surface area contributed by atoms with Crippen molar-refractivity contribution in [3.63, 3.8) is 0 Å². The van der Waals surface area contributed by atoms with E-state index < -0.39 is 0 Å². The summed E-state index contributed by atoms with van der Waals surface area (Å²) in [5.74, 6) is 0.126. The number of nitrogens with zero attached hydrogens (tertiary/aromatic N) is 1. The molecule has 1 aromatic heterocycles. The predicted molar refractivity (Wildman–Crippen MR) is 66.1 cm³/mol. The molecule has 0 radical (unpaired) electrons. The zero-order chi connectivity index (χ0) is 12.8. The van der Waals surface area contributed by atoms with Crippen molar-refractivity contribution in [2.24, 2.45) is 0 Å². The molecule has 0 unspecified atom stereocenters. The SMILES string of the molecule is O=C(NCCC(=O)N1CCCCC1)c1ccco1. The summed E-state index contributed by atoms with van der Waals surface area (Å²) in [6.07, 6.45) is 5.19. The van der Waals surface area contributed by atoms with E-state index in [1.165, 1.54) is 12.7 Å². The van der Waals surface area contributed by atoms with E-state index in [-0.39, 0.29) is 17.6 Å². The van der Waals surface area contributed by atoms with Crippen molar-refractivity contribution in [2.45, 2.75) is 25.7 Å². The van der Waals surface area contributed by atoms with Crippen LogP contribution < -0.4 is 5.32 Å². The Bertz CT molecular complexity index is 394. The largest absolute Gasteiger partial charge is 0.459 e. The van der Waals surface area contributed by atoms with Crippen LogP contribution in [0.4, 0.5) is 0 Å². The van der Waals surface area contributed by atoms with Crippen molar-refractivity contribution in [3.05, 3.63) is 24.2 Å². The van der Waals surface area contributed by atoms with E-state index in [1.807, 2.05) is 4.90 Å². The number of likely N-dealkylation sites (tertiary alicyclic amines) is 1. The van der Waals surface area contributed by atoms with Crippen molar-refractivity contribution < 1.29 is 14.0 Å². The second-order valence-corrected chi connectivity index (χ2v) is 4.42. The lowest BCUT2D eigenvalue weighted by molar-refractivity contribution is -0.131. The molecular weight excluding hydrogens is 232 g/mol. The first kappa shape index (κ1) is 12.7. The molecule has 18 heavy (non-hydrogen) atoms. The van der Waals surface area contributed by atoms with E-state index in [1.54, 1.807) is 12.1 Å². The topological polar surface area (TPSA) is 62.6 Å². The third kappa shape index (κ3) is 3.35. The van der Waals surface area contributed by atoms with Crippen LogP contribution in [0.3, 0.4) is 0 Å². The molecule has 1 saturated heterocycles. The molecule has 1 N–H and O–H groups in total. The standard InChI is InChI=1S/C13H18N2O3/c16-12(15-8-2-1-3-9-15)6-7-14-13(17)11-5-4-10-18-11/h4-5,10H,1-3,6-9H2,(H,14,17). The van der Waals surface area contributed by atoms with Gasteiger partial charge < -0.3 is 14.6 Å². The van der Waals surface area contributed by atoms with Crippen LogP contribution in [0.15, 0.2) is 22.8 Å². The van der Waals surface area contributed by atoms with E-state index in [9.17, 15) is 9.59 Å². The second kappa shape index (κ2) is 6.23. The van der Waals surface area contributed by atoms with Crippen molar-refractivity contribution in [1.82, 2.24) is 10.2 Å². The van der Waals surface area contributed by atoms with Crippen LogP contribution in [0, 0.1) is 0 Å². The van der Waals surface area contributed by atoms with Crippen molar-refractivity contribution in [1.29, 1.82) is 0 Å².